The van der Waals surface area contributed by atoms with Crippen molar-refractivity contribution in [3.63, 3.8) is 0 Å². The highest BCUT2D eigenvalue weighted by molar-refractivity contribution is 7.98. The standard InChI is InChI=1S/C17H10F2N2O2S/c1-24-17-21-20-16(23-17)9-2-5-15-12(6-9)13(8-22-15)11-7-10(18)3-4-14(11)19/h2-8H,1H3. The Morgan fingerprint density at radius 1 is 1.00 bits per heavy atom. The van der Waals surface area contributed by atoms with Crippen LogP contribution in [0, 0.1) is 11.6 Å². The molecule has 2 aromatic carbocycles. The number of halogens is 2. The number of nitrogens with zero attached hydrogens (tertiary/aromatic N) is 2. The molecule has 0 unspecified atom stereocenters. The number of furan rings is 1. The van der Waals surface area contributed by atoms with Crippen LogP contribution < -0.4 is 0 Å². The molecule has 0 aliphatic heterocycles. The Bertz CT molecular complexity index is 1040. The second-order valence-electron chi connectivity index (χ2n) is 5.06. The van der Waals surface area contributed by atoms with Crippen LogP contribution in [0.4, 0.5) is 8.78 Å². The van der Waals surface area contributed by atoms with Crippen molar-refractivity contribution < 1.29 is 17.6 Å². The number of rotatable bonds is 3. The van der Waals surface area contributed by atoms with Crippen LogP contribution in [0.2, 0.25) is 0 Å². The summed E-state index contributed by atoms with van der Waals surface area (Å²) in [5, 5.41) is 8.97. The molecule has 0 radical (unpaired) electrons. The van der Waals surface area contributed by atoms with Crippen LogP contribution in [0.15, 0.2) is 56.7 Å². The fraction of sp³-hybridized carbons (Fsp3) is 0.0588. The summed E-state index contributed by atoms with van der Waals surface area (Å²) in [5.41, 5.74) is 1.84. The van der Waals surface area contributed by atoms with Gasteiger partial charge in [-0.3, -0.25) is 0 Å². The van der Waals surface area contributed by atoms with Crippen LogP contribution in [0.5, 0.6) is 0 Å². The molecule has 120 valence electrons. The average molecular weight is 344 g/mol. The molecular weight excluding hydrogens is 334 g/mol. The lowest BCUT2D eigenvalue weighted by atomic mass is 10.0. The first-order valence-corrected chi connectivity index (χ1v) is 8.23. The van der Waals surface area contributed by atoms with E-state index in [1.165, 1.54) is 18.0 Å². The Kier molecular flexibility index (Phi) is 3.57. The first-order valence-electron chi connectivity index (χ1n) is 7.00. The van der Waals surface area contributed by atoms with Crippen LogP contribution >= 0.6 is 11.8 Å². The average Bonchev–Trinajstić information content (AvgIpc) is 3.23. The molecule has 0 N–H and O–H groups in total. The van der Waals surface area contributed by atoms with Gasteiger partial charge >= 0.3 is 0 Å². The normalized spacial score (nSPS) is 11.3. The SMILES string of the molecule is CSc1nnc(-c2ccc3occ(-c4cc(F)ccc4F)c3c2)o1. The van der Waals surface area contributed by atoms with Crippen molar-refractivity contribution in [3.8, 4) is 22.6 Å². The zero-order valence-electron chi connectivity index (χ0n) is 12.4. The molecule has 4 rings (SSSR count). The molecule has 24 heavy (non-hydrogen) atoms. The molecule has 0 aliphatic carbocycles. The highest BCUT2D eigenvalue weighted by atomic mass is 32.2. The van der Waals surface area contributed by atoms with Crippen molar-refractivity contribution in [2.45, 2.75) is 5.22 Å². The van der Waals surface area contributed by atoms with Gasteiger partial charge in [-0.2, -0.15) is 0 Å². The molecule has 0 aliphatic rings. The fourth-order valence-electron chi connectivity index (χ4n) is 2.48. The smallest absolute Gasteiger partial charge is 0.276 e. The summed E-state index contributed by atoms with van der Waals surface area (Å²) in [7, 11) is 0. The minimum absolute atomic E-state index is 0.140. The number of thioether (sulfide) groups is 1. The Balaban J connectivity index is 1.88. The van der Waals surface area contributed by atoms with E-state index in [-0.39, 0.29) is 5.56 Å². The largest absolute Gasteiger partial charge is 0.464 e. The lowest BCUT2D eigenvalue weighted by Crippen LogP contribution is -1.85. The van der Waals surface area contributed by atoms with Gasteiger partial charge in [-0.05, 0) is 42.7 Å². The highest BCUT2D eigenvalue weighted by Gasteiger charge is 2.16. The van der Waals surface area contributed by atoms with Gasteiger partial charge in [-0.25, -0.2) is 8.78 Å². The van der Waals surface area contributed by atoms with E-state index < -0.39 is 11.6 Å². The first-order chi connectivity index (χ1) is 11.7. The molecule has 0 amide bonds. The van der Waals surface area contributed by atoms with Gasteiger partial charge in [0, 0.05) is 22.1 Å². The maximum atomic E-state index is 14.1. The summed E-state index contributed by atoms with van der Waals surface area (Å²) in [5.74, 6) is -0.682. The predicted molar refractivity (Wildman–Crippen MR) is 86.6 cm³/mol. The Hall–Kier alpha value is -2.67. The molecule has 0 bridgehead atoms. The van der Waals surface area contributed by atoms with Gasteiger partial charge in [0.2, 0.25) is 5.89 Å². The van der Waals surface area contributed by atoms with Gasteiger partial charge < -0.3 is 8.83 Å². The minimum Gasteiger partial charge on any atom is -0.464 e. The van der Waals surface area contributed by atoms with E-state index in [0.29, 0.717) is 33.2 Å². The van der Waals surface area contributed by atoms with E-state index in [1.54, 1.807) is 18.2 Å². The molecule has 4 nitrogen and oxygen atoms in total. The van der Waals surface area contributed by atoms with E-state index >= 15 is 0 Å². The van der Waals surface area contributed by atoms with Gasteiger partial charge in [-0.15, -0.1) is 10.2 Å². The molecule has 7 heteroatoms. The van der Waals surface area contributed by atoms with Gasteiger partial charge in [0.1, 0.15) is 17.2 Å². The number of aromatic nitrogens is 2. The van der Waals surface area contributed by atoms with Crippen LogP contribution in [0.3, 0.4) is 0 Å². The first kappa shape index (κ1) is 14.9. The summed E-state index contributed by atoms with van der Waals surface area (Å²) in [6.45, 7) is 0. The zero-order chi connectivity index (χ0) is 16.7. The molecular formula is C17H10F2N2O2S. The highest BCUT2D eigenvalue weighted by Crippen LogP contribution is 2.35. The van der Waals surface area contributed by atoms with Crippen LogP contribution in [-0.4, -0.2) is 16.5 Å². The summed E-state index contributed by atoms with van der Waals surface area (Å²) in [6.07, 6.45) is 3.24. The van der Waals surface area contributed by atoms with Crippen molar-refractivity contribution >= 4 is 22.7 Å². The molecule has 4 aromatic rings. The fourth-order valence-corrected chi connectivity index (χ4v) is 2.77. The van der Waals surface area contributed by atoms with Gasteiger partial charge in [-0.1, -0.05) is 11.8 Å². The molecule has 0 spiro atoms. The molecule has 0 saturated heterocycles. The van der Waals surface area contributed by atoms with Gasteiger partial charge in [0.25, 0.3) is 5.22 Å². The number of hydrogen-bond donors (Lipinski definition) is 0. The zero-order valence-corrected chi connectivity index (χ0v) is 13.2. The lowest BCUT2D eigenvalue weighted by Gasteiger charge is -2.02. The third-order valence-electron chi connectivity index (χ3n) is 3.62. The second-order valence-corrected chi connectivity index (χ2v) is 5.82. The quantitative estimate of drug-likeness (QED) is 0.481. The van der Waals surface area contributed by atoms with Gasteiger partial charge in [0.05, 0.1) is 6.26 Å². The summed E-state index contributed by atoms with van der Waals surface area (Å²) >= 11 is 1.34. The molecule has 2 heterocycles. The molecule has 0 atom stereocenters. The van der Waals surface area contributed by atoms with Crippen molar-refractivity contribution in [2.24, 2.45) is 0 Å². The third kappa shape index (κ3) is 2.46. The van der Waals surface area contributed by atoms with Crippen LogP contribution in [-0.2, 0) is 0 Å². The van der Waals surface area contributed by atoms with E-state index in [9.17, 15) is 8.78 Å². The Morgan fingerprint density at radius 2 is 1.88 bits per heavy atom. The molecule has 0 saturated carbocycles. The summed E-state index contributed by atoms with van der Waals surface area (Å²) < 4.78 is 38.5. The number of benzene rings is 2. The van der Waals surface area contributed by atoms with Crippen LogP contribution in [0.25, 0.3) is 33.6 Å². The Morgan fingerprint density at radius 3 is 2.67 bits per heavy atom. The van der Waals surface area contributed by atoms with Crippen LogP contribution in [0.1, 0.15) is 0 Å². The Labute approximate surface area is 139 Å². The van der Waals surface area contributed by atoms with Crippen molar-refractivity contribution in [2.75, 3.05) is 6.26 Å². The lowest BCUT2D eigenvalue weighted by molar-refractivity contribution is 0.466. The number of hydrogen-bond acceptors (Lipinski definition) is 5. The van der Waals surface area contributed by atoms with E-state index in [2.05, 4.69) is 10.2 Å². The summed E-state index contributed by atoms with van der Waals surface area (Å²) in [6, 6.07) is 8.58. The number of fused-ring (bicyclic) bond motifs is 1. The predicted octanol–water partition coefficient (Wildman–Crippen LogP) is 5.15. The minimum atomic E-state index is -0.521. The third-order valence-corrected chi connectivity index (χ3v) is 4.13. The maximum Gasteiger partial charge on any atom is 0.276 e. The van der Waals surface area contributed by atoms with Gasteiger partial charge in [0.15, 0.2) is 0 Å². The molecule has 2 aromatic heterocycles. The van der Waals surface area contributed by atoms with Crippen molar-refractivity contribution in [1.29, 1.82) is 0 Å². The topological polar surface area (TPSA) is 52.1 Å². The van der Waals surface area contributed by atoms with Crippen molar-refractivity contribution in [3.05, 3.63) is 54.3 Å². The van der Waals surface area contributed by atoms with E-state index in [4.69, 9.17) is 8.83 Å². The summed E-state index contributed by atoms with van der Waals surface area (Å²) in [4.78, 5) is 0. The monoisotopic (exact) mass is 344 g/mol. The van der Waals surface area contributed by atoms with Crippen molar-refractivity contribution in [1.82, 2.24) is 10.2 Å². The van der Waals surface area contributed by atoms with E-state index in [1.807, 2.05) is 6.26 Å². The maximum absolute atomic E-state index is 14.1. The molecule has 0 fully saturated rings. The second kappa shape index (κ2) is 5.76. The van der Waals surface area contributed by atoms with E-state index in [0.717, 1.165) is 18.2 Å².